The van der Waals surface area contributed by atoms with Crippen molar-refractivity contribution in [2.24, 2.45) is 0 Å². The van der Waals surface area contributed by atoms with Crippen LogP contribution in [0.4, 0.5) is 0 Å². The first-order chi connectivity index (χ1) is 10.2. The number of pyridine rings is 2. The van der Waals surface area contributed by atoms with E-state index in [1.54, 1.807) is 18.5 Å². The van der Waals surface area contributed by atoms with E-state index < -0.39 is 0 Å². The van der Waals surface area contributed by atoms with Crippen molar-refractivity contribution in [3.63, 3.8) is 0 Å². The number of hydrogen-bond donors (Lipinski definition) is 0. The van der Waals surface area contributed by atoms with Gasteiger partial charge >= 0.3 is 0 Å². The van der Waals surface area contributed by atoms with E-state index in [0.717, 1.165) is 16.3 Å². The first-order valence-electron chi connectivity index (χ1n) is 6.20. The Hall–Kier alpha value is -2.78. The van der Waals surface area contributed by atoms with Gasteiger partial charge in [0, 0.05) is 29.0 Å². The molecule has 0 amide bonds. The van der Waals surface area contributed by atoms with Gasteiger partial charge in [-0.15, -0.1) is 11.3 Å². The molecule has 6 heteroatoms. The van der Waals surface area contributed by atoms with Crippen molar-refractivity contribution in [2.75, 3.05) is 0 Å². The zero-order valence-corrected chi connectivity index (χ0v) is 12.0. The van der Waals surface area contributed by atoms with Crippen molar-refractivity contribution in [2.45, 2.75) is 6.92 Å². The van der Waals surface area contributed by atoms with Crippen LogP contribution >= 0.6 is 11.3 Å². The number of hydrogen-bond acceptors (Lipinski definition) is 5. The third-order valence-electron chi connectivity index (χ3n) is 3.05. The molecule has 0 aliphatic carbocycles. The van der Waals surface area contributed by atoms with Gasteiger partial charge in [-0.2, -0.15) is 5.26 Å². The van der Waals surface area contributed by atoms with Crippen LogP contribution in [0.1, 0.15) is 11.3 Å². The Morgan fingerprint density at radius 3 is 2.71 bits per heavy atom. The first-order valence-corrected chi connectivity index (χ1v) is 7.08. The summed E-state index contributed by atoms with van der Waals surface area (Å²) in [5.74, 6) is 0.534. The maximum Gasteiger partial charge on any atom is 0.274 e. The molecule has 102 valence electrons. The molecule has 3 rings (SSSR count). The third-order valence-corrected chi connectivity index (χ3v) is 3.93. The van der Waals surface area contributed by atoms with Gasteiger partial charge in [0.25, 0.3) is 5.56 Å². The molecule has 3 heterocycles. The molecule has 0 saturated heterocycles. The second kappa shape index (κ2) is 5.31. The number of thiazole rings is 1. The molecule has 0 atom stereocenters. The zero-order chi connectivity index (χ0) is 14.8. The van der Waals surface area contributed by atoms with Crippen LogP contribution in [0.3, 0.4) is 0 Å². The van der Waals surface area contributed by atoms with E-state index in [2.05, 4.69) is 9.97 Å². The van der Waals surface area contributed by atoms with Crippen LogP contribution in [0.5, 0.6) is 0 Å². The summed E-state index contributed by atoms with van der Waals surface area (Å²) in [6.45, 7) is 1.81. The largest absolute Gasteiger partial charge is 0.274 e. The van der Waals surface area contributed by atoms with Gasteiger partial charge < -0.3 is 0 Å². The minimum Gasteiger partial charge on any atom is -0.267 e. The minimum absolute atomic E-state index is 0.110. The summed E-state index contributed by atoms with van der Waals surface area (Å²) < 4.78 is 1.46. The Morgan fingerprint density at radius 2 is 2.00 bits per heavy atom. The summed E-state index contributed by atoms with van der Waals surface area (Å²) in [5.41, 5.74) is 1.46. The Kier molecular flexibility index (Phi) is 3.34. The minimum atomic E-state index is -0.343. The lowest BCUT2D eigenvalue weighted by atomic mass is 10.2. The molecule has 0 fully saturated rings. The zero-order valence-electron chi connectivity index (χ0n) is 11.1. The number of nitriles is 1. The van der Waals surface area contributed by atoms with Crippen LogP contribution in [-0.2, 0) is 0 Å². The maximum absolute atomic E-state index is 12.3. The molecule has 21 heavy (non-hydrogen) atoms. The van der Waals surface area contributed by atoms with Crippen LogP contribution in [-0.4, -0.2) is 14.5 Å². The van der Waals surface area contributed by atoms with Crippen molar-refractivity contribution in [1.29, 1.82) is 5.26 Å². The third kappa shape index (κ3) is 2.35. The van der Waals surface area contributed by atoms with E-state index in [-0.39, 0.29) is 11.1 Å². The maximum atomic E-state index is 12.3. The number of aromatic nitrogens is 3. The lowest BCUT2D eigenvalue weighted by Gasteiger charge is -2.06. The molecule has 0 bridgehead atoms. The predicted molar refractivity (Wildman–Crippen MR) is 80.4 cm³/mol. The van der Waals surface area contributed by atoms with Gasteiger partial charge in [0.15, 0.2) is 5.82 Å². The Bertz CT molecular complexity index is 890. The number of aryl methyl sites for hydroxylation is 1. The van der Waals surface area contributed by atoms with Crippen molar-refractivity contribution < 1.29 is 0 Å². The molecule has 0 saturated carbocycles. The smallest absolute Gasteiger partial charge is 0.267 e. The lowest BCUT2D eigenvalue weighted by molar-refractivity contribution is 0.901. The summed E-state index contributed by atoms with van der Waals surface area (Å²) in [7, 11) is 0. The monoisotopic (exact) mass is 294 g/mol. The fourth-order valence-corrected chi connectivity index (χ4v) is 2.79. The van der Waals surface area contributed by atoms with Crippen LogP contribution < -0.4 is 5.56 Å². The topological polar surface area (TPSA) is 71.6 Å². The van der Waals surface area contributed by atoms with Gasteiger partial charge in [-0.1, -0.05) is 0 Å². The van der Waals surface area contributed by atoms with Crippen molar-refractivity contribution in [3.05, 3.63) is 63.7 Å². The molecule has 0 spiro atoms. The molecule has 0 radical (unpaired) electrons. The fraction of sp³-hybridized carbons (Fsp3) is 0.0667. The van der Waals surface area contributed by atoms with Gasteiger partial charge in [-0.25, -0.2) is 4.98 Å². The normalized spacial score (nSPS) is 10.3. The highest BCUT2D eigenvalue weighted by Gasteiger charge is 2.12. The molecule has 0 unspecified atom stereocenters. The highest BCUT2D eigenvalue weighted by atomic mass is 32.1. The Labute approximate surface area is 124 Å². The Morgan fingerprint density at radius 1 is 1.24 bits per heavy atom. The second-order valence-corrected chi connectivity index (χ2v) is 5.25. The van der Waals surface area contributed by atoms with Crippen LogP contribution in [0.2, 0.25) is 0 Å². The van der Waals surface area contributed by atoms with Gasteiger partial charge in [-0.3, -0.25) is 14.3 Å². The highest BCUT2D eigenvalue weighted by Crippen LogP contribution is 2.24. The summed E-state index contributed by atoms with van der Waals surface area (Å²) in [5, 5.41) is 11.6. The molecule has 0 aliphatic heterocycles. The predicted octanol–water partition coefficient (Wildman–Crippen LogP) is 2.54. The van der Waals surface area contributed by atoms with Crippen LogP contribution in [0.15, 0.2) is 46.8 Å². The molecule has 0 N–H and O–H groups in total. The summed E-state index contributed by atoms with van der Waals surface area (Å²) >= 11 is 1.45. The van der Waals surface area contributed by atoms with Crippen molar-refractivity contribution >= 4 is 11.3 Å². The lowest BCUT2D eigenvalue weighted by Crippen LogP contribution is -2.22. The Balaban J connectivity index is 2.14. The van der Waals surface area contributed by atoms with E-state index in [1.807, 2.05) is 30.5 Å². The number of rotatable bonds is 2. The highest BCUT2D eigenvalue weighted by molar-refractivity contribution is 7.13. The average Bonchev–Trinajstić information content (AvgIpc) is 2.98. The molecule has 3 aromatic rings. The van der Waals surface area contributed by atoms with Crippen molar-refractivity contribution in [1.82, 2.24) is 14.5 Å². The molecule has 0 aromatic carbocycles. The van der Waals surface area contributed by atoms with Gasteiger partial charge in [0.1, 0.15) is 16.6 Å². The van der Waals surface area contributed by atoms with E-state index in [0.29, 0.717) is 5.82 Å². The van der Waals surface area contributed by atoms with E-state index in [9.17, 15) is 4.79 Å². The fourth-order valence-electron chi connectivity index (χ4n) is 2.00. The van der Waals surface area contributed by atoms with Gasteiger partial charge in [-0.05, 0) is 31.2 Å². The standard InChI is InChI=1S/C15H10N4OS/c1-10-2-3-12(8-16)15(20)19(10)13-9-21-14(18-13)11-4-6-17-7-5-11/h2-7,9H,1H3. The molecular weight excluding hydrogens is 284 g/mol. The van der Waals surface area contributed by atoms with E-state index >= 15 is 0 Å². The van der Waals surface area contributed by atoms with Crippen molar-refractivity contribution in [3.8, 4) is 22.5 Å². The average molecular weight is 294 g/mol. The summed E-state index contributed by atoms with van der Waals surface area (Å²) in [4.78, 5) is 20.7. The molecule has 3 aromatic heterocycles. The summed E-state index contributed by atoms with van der Waals surface area (Å²) in [6.07, 6.45) is 3.40. The first kappa shape index (κ1) is 13.2. The van der Waals surface area contributed by atoms with Crippen LogP contribution in [0.25, 0.3) is 16.4 Å². The molecule has 5 nitrogen and oxygen atoms in total. The van der Waals surface area contributed by atoms with Gasteiger partial charge in [0.05, 0.1) is 0 Å². The SMILES string of the molecule is Cc1ccc(C#N)c(=O)n1-c1csc(-c2ccncc2)n1. The quantitative estimate of drug-likeness (QED) is 0.728. The van der Waals surface area contributed by atoms with Gasteiger partial charge in [0.2, 0.25) is 0 Å². The van der Waals surface area contributed by atoms with E-state index in [4.69, 9.17) is 5.26 Å². The number of nitrogens with zero attached hydrogens (tertiary/aromatic N) is 4. The summed E-state index contributed by atoms with van der Waals surface area (Å²) in [6, 6.07) is 8.91. The van der Waals surface area contributed by atoms with E-state index in [1.165, 1.54) is 22.0 Å². The molecular formula is C15H10N4OS. The molecule has 0 aliphatic rings. The second-order valence-electron chi connectivity index (χ2n) is 4.39. The van der Waals surface area contributed by atoms with Crippen LogP contribution in [0, 0.1) is 18.3 Å².